The molecule has 6 heteroatoms. The van der Waals surface area contributed by atoms with Crippen LogP contribution in [0.4, 0.5) is 10.1 Å². The van der Waals surface area contributed by atoms with E-state index in [1.165, 1.54) is 29.2 Å². The van der Waals surface area contributed by atoms with Gasteiger partial charge < -0.3 is 24.3 Å². The first kappa shape index (κ1) is 20.9. The number of rotatable bonds is 5. The molecule has 1 atom stereocenters. The molecule has 172 valence electrons. The summed E-state index contributed by atoms with van der Waals surface area (Å²) in [5.41, 5.74) is 4.59. The molecule has 33 heavy (non-hydrogen) atoms. The van der Waals surface area contributed by atoms with E-state index < -0.39 is 5.79 Å². The normalized spacial score (nSPS) is 23.8. The Labute approximate surface area is 194 Å². The van der Waals surface area contributed by atoms with Crippen LogP contribution in [-0.2, 0) is 20.8 Å². The minimum atomic E-state index is -0.752. The van der Waals surface area contributed by atoms with E-state index in [-0.39, 0.29) is 11.4 Å². The zero-order valence-corrected chi connectivity index (χ0v) is 18.8. The highest BCUT2D eigenvalue weighted by Crippen LogP contribution is 2.42. The molecular formula is C27H30FN3O2. The van der Waals surface area contributed by atoms with Gasteiger partial charge in [-0.25, -0.2) is 4.39 Å². The monoisotopic (exact) mass is 447 g/mol. The third-order valence-electron chi connectivity index (χ3n) is 7.37. The number of likely N-dealkylation sites (tertiary alicyclic amines) is 1. The highest BCUT2D eigenvalue weighted by Gasteiger charge is 2.43. The molecule has 3 aliphatic heterocycles. The van der Waals surface area contributed by atoms with Crippen LogP contribution in [0, 0.1) is 5.82 Å². The van der Waals surface area contributed by atoms with Crippen molar-refractivity contribution >= 4 is 5.69 Å². The van der Waals surface area contributed by atoms with E-state index in [4.69, 9.17) is 9.47 Å². The van der Waals surface area contributed by atoms with Crippen LogP contribution in [0.15, 0.2) is 66.9 Å². The van der Waals surface area contributed by atoms with Gasteiger partial charge in [0.05, 0.1) is 30.1 Å². The summed E-state index contributed by atoms with van der Waals surface area (Å²) < 4.78 is 27.9. The third kappa shape index (κ3) is 3.66. The Morgan fingerprint density at radius 2 is 1.79 bits per heavy atom. The minimum Gasteiger partial charge on any atom is -0.371 e. The van der Waals surface area contributed by atoms with Crippen molar-refractivity contribution in [3.63, 3.8) is 0 Å². The van der Waals surface area contributed by atoms with E-state index in [2.05, 4.69) is 57.4 Å². The van der Waals surface area contributed by atoms with Gasteiger partial charge >= 0.3 is 0 Å². The third-order valence-corrected chi connectivity index (χ3v) is 7.37. The molecular weight excluding hydrogens is 417 g/mol. The van der Waals surface area contributed by atoms with Crippen molar-refractivity contribution in [3.8, 4) is 5.69 Å². The lowest BCUT2D eigenvalue weighted by molar-refractivity contribution is -0.172. The Morgan fingerprint density at radius 3 is 2.64 bits per heavy atom. The Balaban J connectivity index is 1.17. The second kappa shape index (κ2) is 8.28. The number of halogens is 1. The van der Waals surface area contributed by atoms with E-state index >= 15 is 0 Å². The maximum absolute atomic E-state index is 13.4. The predicted octanol–water partition coefficient (Wildman–Crippen LogP) is 5.01. The molecule has 2 fully saturated rings. The summed E-state index contributed by atoms with van der Waals surface area (Å²) in [6.07, 6.45) is 6.15. The van der Waals surface area contributed by atoms with Crippen LogP contribution in [0.5, 0.6) is 0 Å². The van der Waals surface area contributed by atoms with Crippen LogP contribution in [0.1, 0.15) is 36.9 Å². The maximum atomic E-state index is 13.4. The highest BCUT2D eigenvalue weighted by molar-refractivity contribution is 5.67. The first-order valence-corrected chi connectivity index (χ1v) is 12.0. The Morgan fingerprint density at radius 1 is 0.970 bits per heavy atom. The van der Waals surface area contributed by atoms with Gasteiger partial charge in [0.2, 0.25) is 0 Å². The Bertz CT molecular complexity index is 1120. The molecule has 0 bridgehead atoms. The van der Waals surface area contributed by atoms with Crippen LogP contribution in [0.25, 0.3) is 5.69 Å². The van der Waals surface area contributed by atoms with E-state index in [1.54, 1.807) is 12.1 Å². The fourth-order valence-corrected chi connectivity index (χ4v) is 5.89. The van der Waals surface area contributed by atoms with E-state index in [9.17, 15) is 4.39 Å². The van der Waals surface area contributed by atoms with Crippen LogP contribution in [-0.4, -0.2) is 42.3 Å². The fraction of sp³-hybridized carbons (Fsp3) is 0.407. The average Bonchev–Trinajstić information content (AvgIpc) is 3.51. The van der Waals surface area contributed by atoms with Gasteiger partial charge in [0.15, 0.2) is 5.79 Å². The minimum absolute atomic E-state index is 0.0783. The average molecular weight is 448 g/mol. The number of hydrogen-bond donors (Lipinski definition) is 1. The van der Waals surface area contributed by atoms with Crippen molar-refractivity contribution in [2.45, 2.75) is 37.0 Å². The molecule has 6 rings (SSSR count). The summed E-state index contributed by atoms with van der Waals surface area (Å²) in [5.74, 6) is -0.991. The van der Waals surface area contributed by atoms with Crippen LogP contribution in [0.2, 0.25) is 0 Å². The van der Waals surface area contributed by atoms with Crippen molar-refractivity contribution in [2.24, 2.45) is 0 Å². The zero-order chi connectivity index (χ0) is 22.3. The van der Waals surface area contributed by atoms with E-state index in [0.29, 0.717) is 13.2 Å². The number of piperidine rings is 1. The number of anilines is 1. The molecule has 0 saturated carbocycles. The number of benzene rings is 2. The number of aromatic nitrogens is 1. The van der Waals surface area contributed by atoms with Gasteiger partial charge in [0.25, 0.3) is 0 Å². The van der Waals surface area contributed by atoms with Gasteiger partial charge in [-0.3, -0.25) is 0 Å². The zero-order valence-electron chi connectivity index (χ0n) is 18.8. The molecule has 1 aromatic heterocycles. The number of para-hydroxylation sites is 2. The van der Waals surface area contributed by atoms with Crippen LogP contribution < -0.4 is 5.32 Å². The summed E-state index contributed by atoms with van der Waals surface area (Å²) in [6, 6.07) is 19.5. The second-order valence-corrected chi connectivity index (χ2v) is 9.43. The first-order valence-electron chi connectivity index (χ1n) is 12.0. The van der Waals surface area contributed by atoms with Gasteiger partial charge in [-0.2, -0.15) is 0 Å². The van der Waals surface area contributed by atoms with Crippen LogP contribution >= 0.6 is 0 Å². The van der Waals surface area contributed by atoms with Gasteiger partial charge in [-0.05, 0) is 68.8 Å². The number of nitrogens with zero attached hydrogens (tertiary/aromatic N) is 2. The summed E-state index contributed by atoms with van der Waals surface area (Å²) in [6.45, 7) is 4.18. The lowest BCUT2D eigenvalue weighted by Gasteiger charge is -2.47. The maximum Gasteiger partial charge on any atom is 0.195 e. The smallest absolute Gasteiger partial charge is 0.195 e. The molecule has 4 heterocycles. The Hall–Kier alpha value is -2.67. The van der Waals surface area contributed by atoms with Gasteiger partial charge in [-0.15, -0.1) is 0 Å². The summed E-state index contributed by atoms with van der Waals surface area (Å²) in [4.78, 5) is 2.56. The molecule has 2 saturated heterocycles. The summed E-state index contributed by atoms with van der Waals surface area (Å²) >= 11 is 0. The van der Waals surface area contributed by atoms with Crippen molar-refractivity contribution in [2.75, 3.05) is 38.2 Å². The molecule has 0 aliphatic carbocycles. The number of ether oxygens (including phenoxy) is 2. The van der Waals surface area contributed by atoms with Crippen LogP contribution in [0.3, 0.4) is 0 Å². The fourth-order valence-electron chi connectivity index (χ4n) is 5.89. The van der Waals surface area contributed by atoms with E-state index in [1.807, 2.05) is 0 Å². The highest BCUT2D eigenvalue weighted by atomic mass is 19.1. The SMILES string of the molecule is Fc1ccc(C2(CCCN3CCC[C@@]4(C3)Nc3ccccc3-n3cccc34)OCCO2)cc1. The van der Waals surface area contributed by atoms with Crippen molar-refractivity contribution in [1.29, 1.82) is 0 Å². The predicted molar refractivity (Wildman–Crippen MR) is 126 cm³/mol. The molecule has 5 nitrogen and oxygen atoms in total. The van der Waals surface area contributed by atoms with Gasteiger partial charge in [0.1, 0.15) is 5.82 Å². The lowest BCUT2D eigenvalue weighted by Crippen LogP contribution is -2.53. The number of nitrogens with one attached hydrogen (secondary N) is 1. The lowest BCUT2D eigenvalue weighted by atomic mass is 9.83. The quantitative estimate of drug-likeness (QED) is 0.597. The molecule has 0 unspecified atom stereocenters. The standard InChI is InChI=1S/C27H30FN3O2/c28-22-11-9-21(10-12-22)27(32-18-19-33-27)14-5-16-30-15-4-13-26(20-30)25-8-3-17-31(25)24-7-2-1-6-23(24)29-26/h1-3,6-12,17,29H,4-5,13-16,18-20H2/t26-/m0/s1. The topological polar surface area (TPSA) is 38.7 Å². The Kier molecular flexibility index (Phi) is 5.24. The first-order chi connectivity index (χ1) is 16.2. The molecule has 3 aliphatic rings. The van der Waals surface area contributed by atoms with Crippen molar-refractivity contribution < 1.29 is 13.9 Å². The molecule has 3 aromatic rings. The molecule has 1 spiro atoms. The van der Waals surface area contributed by atoms with Gasteiger partial charge in [-0.1, -0.05) is 24.3 Å². The molecule has 0 amide bonds. The number of fused-ring (bicyclic) bond motifs is 4. The van der Waals surface area contributed by atoms with Crippen molar-refractivity contribution in [1.82, 2.24) is 9.47 Å². The van der Waals surface area contributed by atoms with Gasteiger partial charge in [0, 0.05) is 30.4 Å². The summed E-state index contributed by atoms with van der Waals surface area (Å²) in [5, 5.41) is 3.91. The second-order valence-electron chi connectivity index (χ2n) is 9.43. The molecule has 2 aromatic carbocycles. The molecule has 0 radical (unpaired) electrons. The van der Waals surface area contributed by atoms with Crippen molar-refractivity contribution in [3.05, 3.63) is 83.9 Å². The largest absolute Gasteiger partial charge is 0.371 e. The molecule has 1 N–H and O–H groups in total. The number of hydrogen-bond acceptors (Lipinski definition) is 4. The summed E-state index contributed by atoms with van der Waals surface area (Å²) in [7, 11) is 0. The van der Waals surface area contributed by atoms with E-state index in [0.717, 1.165) is 50.9 Å².